The minimum Gasteiger partial charge on any atom is -0.389 e. The van der Waals surface area contributed by atoms with Gasteiger partial charge in [-0.15, -0.1) is 11.3 Å². The monoisotopic (exact) mass is 336 g/mol. The number of hydrogen-bond donors (Lipinski definition) is 1. The summed E-state index contributed by atoms with van der Waals surface area (Å²) >= 11 is 1.54. The number of β-amino-alcohol motifs (C(OH)–C–C–N with tert-alkyl or cyclic N) is 1. The summed E-state index contributed by atoms with van der Waals surface area (Å²) in [5, 5.41) is 12.2. The molecule has 1 N–H and O–H groups in total. The van der Waals surface area contributed by atoms with Gasteiger partial charge in [0.05, 0.1) is 19.1 Å². The molecule has 0 radical (unpaired) electrons. The van der Waals surface area contributed by atoms with Gasteiger partial charge in [-0.25, -0.2) is 0 Å². The third-order valence-electron chi connectivity index (χ3n) is 4.76. The topological polar surface area (TPSA) is 60.9 Å². The first-order valence-electron chi connectivity index (χ1n) is 8.41. The Hall–Kier alpha value is -1.40. The van der Waals surface area contributed by atoms with Crippen LogP contribution in [0, 0.1) is 0 Å². The van der Waals surface area contributed by atoms with E-state index in [9.17, 15) is 14.7 Å². The van der Waals surface area contributed by atoms with E-state index in [0.717, 1.165) is 30.6 Å². The molecule has 1 aromatic heterocycles. The van der Waals surface area contributed by atoms with Crippen molar-refractivity contribution in [3.05, 3.63) is 22.4 Å². The number of carbonyl (C=O) groups is 2. The second-order valence-electron chi connectivity index (χ2n) is 6.52. The van der Waals surface area contributed by atoms with E-state index in [0.29, 0.717) is 13.0 Å². The normalized spacial score (nSPS) is 23.9. The largest absolute Gasteiger partial charge is 0.389 e. The first-order valence-corrected chi connectivity index (χ1v) is 9.29. The van der Waals surface area contributed by atoms with Gasteiger partial charge in [-0.2, -0.15) is 0 Å². The van der Waals surface area contributed by atoms with E-state index < -0.39 is 6.10 Å². The maximum Gasteiger partial charge on any atom is 0.242 e. The smallest absolute Gasteiger partial charge is 0.242 e. The van der Waals surface area contributed by atoms with Crippen LogP contribution in [-0.2, 0) is 16.0 Å². The SMILES string of the molecule is O=C(Cc1cccs1)N1CC(=O)N(C2CCCCC2)CC(O)C1. The van der Waals surface area contributed by atoms with Crippen LogP contribution in [0.5, 0.6) is 0 Å². The Morgan fingerprint density at radius 1 is 1.26 bits per heavy atom. The lowest BCUT2D eigenvalue weighted by Gasteiger charge is -2.34. The van der Waals surface area contributed by atoms with Crippen molar-refractivity contribution >= 4 is 23.2 Å². The molecular weight excluding hydrogens is 312 g/mol. The molecule has 1 aliphatic carbocycles. The summed E-state index contributed by atoms with van der Waals surface area (Å²) in [4.78, 5) is 29.4. The summed E-state index contributed by atoms with van der Waals surface area (Å²) in [6.07, 6.45) is 5.20. The Bertz CT molecular complexity index is 540. The van der Waals surface area contributed by atoms with E-state index in [1.54, 1.807) is 0 Å². The Morgan fingerprint density at radius 2 is 2.04 bits per heavy atom. The Balaban J connectivity index is 1.65. The fourth-order valence-electron chi connectivity index (χ4n) is 3.57. The van der Waals surface area contributed by atoms with Crippen molar-refractivity contribution in [2.24, 2.45) is 0 Å². The maximum absolute atomic E-state index is 12.6. The van der Waals surface area contributed by atoms with Gasteiger partial charge in [0.15, 0.2) is 0 Å². The van der Waals surface area contributed by atoms with Gasteiger partial charge in [-0.3, -0.25) is 9.59 Å². The summed E-state index contributed by atoms with van der Waals surface area (Å²) in [5.74, 6) is -0.0988. The number of hydrogen-bond acceptors (Lipinski definition) is 4. The number of thiophene rings is 1. The first-order chi connectivity index (χ1) is 11.1. The quantitative estimate of drug-likeness (QED) is 0.913. The molecule has 1 unspecified atom stereocenters. The van der Waals surface area contributed by atoms with Crippen molar-refractivity contribution in [3.63, 3.8) is 0 Å². The highest BCUT2D eigenvalue weighted by Gasteiger charge is 2.33. The molecule has 1 atom stereocenters. The van der Waals surface area contributed by atoms with E-state index in [4.69, 9.17) is 0 Å². The third kappa shape index (κ3) is 4.12. The maximum atomic E-state index is 12.6. The lowest BCUT2D eigenvalue weighted by Crippen LogP contribution is -2.45. The molecule has 1 saturated heterocycles. The second-order valence-corrected chi connectivity index (χ2v) is 7.55. The molecule has 6 heteroatoms. The predicted octanol–water partition coefficient (Wildman–Crippen LogP) is 1.66. The highest BCUT2D eigenvalue weighted by molar-refractivity contribution is 7.10. The van der Waals surface area contributed by atoms with Gasteiger partial charge in [0.25, 0.3) is 0 Å². The van der Waals surface area contributed by atoms with Gasteiger partial charge in [0, 0.05) is 24.0 Å². The predicted molar refractivity (Wildman–Crippen MR) is 89.2 cm³/mol. The first kappa shape index (κ1) is 16.5. The highest BCUT2D eigenvalue weighted by Crippen LogP contribution is 2.24. The molecule has 1 saturated carbocycles. The zero-order valence-corrected chi connectivity index (χ0v) is 14.1. The minimum absolute atomic E-state index is 0.0204. The Morgan fingerprint density at radius 3 is 2.74 bits per heavy atom. The van der Waals surface area contributed by atoms with Crippen LogP contribution in [0.2, 0.25) is 0 Å². The van der Waals surface area contributed by atoms with Crippen molar-refractivity contribution in [2.45, 2.75) is 50.7 Å². The minimum atomic E-state index is -0.657. The van der Waals surface area contributed by atoms with Crippen LogP contribution in [0.1, 0.15) is 37.0 Å². The molecule has 23 heavy (non-hydrogen) atoms. The number of rotatable bonds is 3. The Labute approximate surface area is 140 Å². The average molecular weight is 336 g/mol. The zero-order chi connectivity index (χ0) is 16.2. The molecule has 3 rings (SSSR count). The molecule has 126 valence electrons. The van der Waals surface area contributed by atoms with Crippen molar-refractivity contribution in [3.8, 4) is 0 Å². The molecule has 0 aromatic carbocycles. The molecular formula is C17H24N2O3S. The Kier molecular flexibility index (Phi) is 5.33. The molecule has 0 bridgehead atoms. The summed E-state index contributed by atoms with van der Waals surface area (Å²) in [5.41, 5.74) is 0. The van der Waals surface area contributed by atoms with E-state index in [2.05, 4.69) is 0 Å². The van der Waals surface area contributed by atoms with Crippen LogP contribution < -0.4 is 0 Å². The number of amides is 2. The van der Waals surface area contributed by atoms with Crippen LogP contribution in [0.15, 0.2) is 17.5 Å². The fourth-order valence-corrected chi connectivity index (χ4v) is 4.26. The van der Waals surface area contributed by atoms with E-state index in [-0.39, 0.29) is 30.9 Å². The van der Waals surface area contributed by atoms with Crippen LogP contribution >= 0.6 is 11.3 Å². The molecule has 0 spiro atoms. The van der Waals surface area contributed by atoms with Gasteiger partial charge in [0.1, 0.15) is 0 Å². The molecule has 5 nitrogen and oxygen atoms in total. The van der Waals surface area contributed by atoms with Gasteiger partial charge < -0.3 is 14.9 Å². The number of aliphatic hydroxyl groups excluding tert-OH is 1. The fraction of sp³-hybridized carbons (Fsp3) is 0.647. The summed E-state index contributed by atoms with van der Waals surface area (Å²) in [7, 11) is 0. The molecule has 2 heterocycles. The van der Waals surface area contributed by atoms with Crippen LogP contribution in [0.4, 0.5) is 0 Å². The van der Waals surface area contributed by atoms with E-state index >= 15 is 0 Å². The lowest BCUT2D eigenvalue weighted by molar-refractivity contribution is -0.139. The van der Waals surface area contributed by atoms with Crippen LogP contribution in [0.25, 0.3) is 0 Å². The lowest BCUT2D eigenvalue weighted by atomic mass is 9.94. The van der Waals surface area contributed by atoms with Gasteiger partial charge in [-0.05, 0) is 24.3 Å². The van der Waals surface area contributed by atoms with Crippen LogP contribution in [0.3, 0.4) is 0 Å². The zero-order valence-electron chi connectivity index (χ0n) is 13.3. The number of carbonyl (C=O) groups excluding carboxylic acids is 2. The van der Waals surface area contributed by atoms with Crippen molar-refractivity contribution in [2.75, 3.05) is 19.6 Å². The van der Waals surface area contributed by atoms with Crippen molar-refractivity contribution < 1.29 is 14.7 Å². The van der Waals surface area contributed by atoms with Crippen molar-refractivity contribution in [1.82, 2.24) is 9.80 Å². The average Bonchev–Trinajstić information content (AvgIpc) is 3.00. The number of aliphatic hydroxyl groups is 1. The van der Waals surface area contributed by atoms with E-state index in [1.807, 2.05) is 22.4 Å². The summed E-state index contributed by atoms with van der Waals surface area (Å²) < 4.78 is 0. The third-order valence-corrected chi connectivity index (χ3v) is 5.64. The van der Waals surface area contributed by atoms with Gasteiger partial charge in [-0.1, -0.05) is 25.3 Å². The van der Waals surface area contributed by atoms with Crippen molar-refractivity contribution in [1.29, 1.82) is 0 Å². The molecule has 1 aromatic rings. The molecule has 2 aliphatic rings. The second kappa shape index (κ2) is 7.45. The highest BCUT2D eigenvalue weighted by atomic mass is 32.1. The molecule has 2 fully saturated rings. The summed E-state index contributed by atoms with van der Waals surface area (Å²) in [6.45, 7) is 0.698. The molecule has 2 amide bonds. The standard InChI is InChI=1S/C17H24N2O3S/c20-14-10-18(16(21)9-15-7-4-8-23-15)12-17(22)19(11-14)13-5-2-1-3-6-13/h4,7-8,13-14,20H,1-3,5-6,9-12H2. The van der Waals surface area contributed by atoms with Crippen LogP contribution in [-0.4, -0.2) is 58.5 Å². The molecule has 1 aliphatic heterocycles. The van der Waals surface area contributed by atoms with E-state index in [1.165, 1.54) is 22.7 Å². The van der Waals surface area contributed by atoms with Gasteiger partial charge in [0.2, 0.25) is 11.8 Å². The number of nitrogens with zero attached hydrogens (tertiary/aromatic N) is 2. The van der Waals surface area contributed by atoms with Gasteiger partial charge >= 0.3 is 0 Å². The summed E-state index contributed by atoms with van der Waals surface area (Å²) in [6, 6.07) is 4.08.